The molecule has 0 N–H and O–H groups in total. The van der Waals surface area contributed by atoms with Crippen molar-refractivity contribution in [2.45, 2.75) is 70.8 Å². The minimum atomic E-state index is 0.0968. The fourth-order valence-corrected chi connectivity index (χ4v) is 1.91. The maximum atomic E-state index is 7.97. The molecule has 0 aliphatic carbocycles. The van der Waals surface area contributed by atoms with Crippen LogP contribution < -0.4 is 0 Å². The Morgan fingerprint density at radius 1 is 1.06 bits per heavy atom. The first kappa shape index (κ1) is 11.8. The summed E-state index contributed by atoms with van der Waals surface area (Å²) in [6, 6.07) is 0. The minimum Gasteiger partial charge on any atom is -0.494 e. The van der Waals surface area contributed by atoms with Crippen LogP contribution in [0.2, 0.25) is 0 Å². The Balaban J connectivity index is 1.95. The number of hydrogen-bond acceptors (Lipinski definition) is 1. The zero-order valence-electron chi connectivity index (χ0n) is 11.5. The van der Waals surface area contributed by atoms with Crippen LogP contribution in [0, 0.1) is 0 Å². The van der Waals surface area contributed by atoms with Crippen molar-refractivity contribution in [3.05, 3.63) is 24.5 Å². The second-order valence-corrected chi connectivity index (χ2v) is 4.46. The number of ether oxygens (including phenoxy) is 1. The standard InChI is InChI=1S/C15H26O/c1-2-3-4-5-6-7-8-9-12-15-13-10-11-14-16-15/h10-11,13-15H,2-9,12H2,1H3/i8D. The van der Waals surface area contributed by atoms with Crippen LogP contribution in [0.25, 0.3) is 0 Å². The van der Waals surface area contributed by atoms with Crippen molar-refractivity contribution in [2.24, 2.45) is 0 Å². The Labute approximate surface area is 102 Å². The van der Waals surface area contributed by atoms with Crippen LogP contribution in [0.1, 0.15) is 66.1 Å². The summed E-state index contributed by atoms with van der Waals surface area (Å²) < 4.78 is 13.4. The summed E-state index contributed by atoms with van der Waals surface area (Å²) >= 11 is 0. The summed E-state index contributed by atoms with van der Waals surface area (Å²) in [6.45, 7) is 2.24. The second-order valence-electron chi connectivity index (χ2n) is 4.46. The Morgan fingerprint density at radius 2 is 1.88 bits per heavy atom. The highest BCUT2D eigenvalue weighted by Crippen LogP contribution is 2.14. The molecule has 92 valence electrons. The molecule has 0 aromatic heterocycles. The quantitative estimate of drug-likeness (QED) is 0.501. The lowest BCUT2D eigenvalue weighted by molar-refractivity contribution is 0.170. The van der Waals surface area contributed by atoms with E-state index in [0.717, 1.165) is 19.3 Å². The maximum absolute atomic E-state index is 7.97. The molecule has 1 heterocycles. The van der Waals surface area contributed by atoms with Gasteiger partial charge in [-0.2, -0.15) is 0 Å². The molecule has 1 heteroatoms. The molecule has 0 saturated heterocycles. The average Bonchev–Trinajstić information content (AvgIpc) is 2.37. The van der Waals surface area contributed by atoms with Crippen molar-refractivity contribution in [2.75, 3.05) is 0 Å². The Hall–Kier alpha value is -0.720. The molecule has 1 aliphatic rings. The zero-order chi connectivity index (χ0) is 12.3. The second kappa shape index (κ2) is 9.50. The average molecular weight is 223 g/mol. The molecule has 2 atom stereocenters. The molecule has 1 rings (SSSR count). The van der Waals surface area contributed by atoms with E-state index in [-0.39, 0.29) is 12.5 Å². The van der Waals surface area contributed by atoms with E-state index in [1.807, 2.05) is 12.2 Å². The van der Waals surface area contributed by atoms with E-state index in [1.165, 1.54) is 32.1 Å². The number of unbranched alkanes of at least 4 members (excludes halogenated alkanes) is 4. The zero-order valence-corrected chi connectivity index (χ0v) is 10.5. The molecule has 1 nitrogen and oxygen atoms in total. The lowest BCUT2D eigenvalue weighted by atomic mass is 10.1. The maximum Gasteiger partial charge on any atom is 0.116 e. The molecule has 0 amide bonds. The molecule has 0 spiro atoms. The highest BCUT2D eigenvalue weighted by atomic mass is 16.5. The molecule has 0 radical (unpaired) electrons. The number of rotatable bonds is 9. The van der Waals surface area contributed by atoms with Gasteiger partial charge in [-0.1, -0.05) is 57.9 Å². The van der Waals surface area contributed by atoms with Crippen molar-refractivity contribution < 1.29 is 6.11 Å². The van der Waals surface area contributed by atoms with Crippen molar-refractivity contribution >= 4 is 0 Å². The van der Waals surface area contributed by atoms with Crippen molar-refractivity contribution in [1.29, 1.82) is 0 Å². The van der Waals surface area contributed by atoms with Crippen molar-refractivity contribution in [3.8, 4) is 0 Å². The highest BCUT2D eigenvalue weighted by molar-refractivity contribution is 5.07. The third-order valence-corrected chi connectivity index (χ3v) is 2.94. The summed E-state index contributed by atoms with van der Waals surface area (Å²) in [7, 11) is 0. The first-order valence-corrected chi connectivity index (χ1v) is 6.74. The van der Waals surface area contributed by atoms with Crippen LogP contribution in [0.3, 0.4) is 0 Å². The van der Waals surface area contributed by atoms with E-state index < -0.39 is 0 Å². The lowest BCUT2D eigenvalue weighted by Crippen LogP contribution is -2.07. The van der Waals surface area contributed by atoms with Crippen molar-refractivity contribution in [3.63, 3.8) is 0 Å². The SMILES string of the molecule is [2H]C(CCCCCCC)CCC1C=CC=CO1. The van der Waals surface area contributed by atoms with Gasteiger partial charge in [0.05, 0.1) is 6.26 Å². The molecule has 16 heavy (non-hydrogen) atoms. The smallest absolute Gasteiger partial charge is 0.116 e. The Morgan fingerprint density at radius 3 is 2.62 bits per heavy atom. The van der Waals surface area contributed by atoms with Crippen LogP contribution in [-0.2, 0) is 4.74 Å². The van der Waals surface area contributed by atoms with Gasteiger partial charge in [-0.3, -0.25) is 0 Å². The van der Waals surface area contributed by atoms with Gasteiger partial charge in [0.25, 0.3) is 0 Å². The van der Waals surface area contributed by atoms with E-state index >= 15 is 0 Å². The monoisotopic (exact) mass is 223 g/mol. The largest absolute Gasteiger partial charge is 0.494 e. The molecule has 1 aliphatic heterocycles. The van der Waals surface area contributed by atoms with Crippen LogP contribution >= 0.6 is 0 Å². The predicted octanol–water partition coefficient (Wildman–Crippen LogP) is 4.99. The molecule has 2 unspecified atom stereocenters. The van der Waals surface area contributed by atoms with E-state index in [4.69, 9.17) is 6.11 Å². The van der Waals surface area contributed by atoms with Crippen LogP contribution in [0.5, 0.6) is 0 Å². The summed E-state index contributed by atoms with van der Waals surface area (Å²) in [5.41, 5.74) is 0. The first-order valence-electron chi connectivity index (χ1n) is 7.31. The Kier molecular flexibility index (Phi) is 6.98. The predicted molar refractivity (Wildman–Crippen MR) is 70.4 cm³/mol. The van der Waals surface area contributed by atoms with Gasteiger partial charge in [-0.15, -0.1) is 0 Å². The summed E-state index contributed by atoms with van der Waals surface area (Å²) in [4.78, 5) is 0. The van der Waals surface area contributed by atoms with E-state index in [2.05, 4.69) is 13.0 Å². The fraction of sp³-hybridized carbons (Fsp3) is 0.733. The summed E-state index contributed by atoms with van der Waals surface area (Å²) in [5.74, 6) is 0. The van der Waals surface area contributed by atoms with Crippen LogP contribution in [-0.4, -0.2) is 6.10 Å². The normalized spacial score (nSPS) is 21.6. The molecule has 0 aromatic carbocycles. The van der Waals surface area contributed by atoms with Crippen LogP contribution in [0.15, 0.2) is 24.5 Å². The van der Waals surface area contributed by atoms with Crippen molar-refractivity contribution in [1.82, 2.24) is 0 Å². The van der Waals surface area contributed by atoms with Gasteiger partial charge < -0.3 is 4.74 Å². The molecule has 0 bridgehead atoms. The van der Waals surface area contributed by atoms with Crippen LogP contribution in [0.4, 0.5) is 0 Å². The fourth-order valence-electron chi connectivity index (χ4n) is 1.91. The van der Waals surface area contributed by atoms with E-state index in [0.29, 0.717) is 0 Å². The third-order valence-electron chi connectivity index (χ3n) is 2.94. The molecular weight excluding hydrogens is 196 g/mol. The van der Waals surface area contributed by atoms with Gasteiger partial charge in [0.15, 0.2) is 0 Å². The number of hydrogen-bond donors (Lipinski definition) is 0. The van der Waals surface area contributed by atoms with Gasteiger partial charge in [0.1, 0.15) is 6.10 Å². The summed E-state index contributed by atoms with van der Waals surface area (Å²) in [5, 5.41) is 0. The van der Waals surface area contributed by atoms with Gasteiger partial charge in [-0.05, 0) is 25.0 Å². The molecule has 0 fully saturated rings. The number of allylic oxidation sites excluding steroid dienone is 2. The lowest BCUT2D eigenvalue weighted by Gasteiger charge is -2.14. The Bertz CT molecular complexity index is 235. The minimum absolute atomic E-state index is 0.0968. The van der Waals surface area contributed by atoms with E-state index in [1.54, 1.807) is 6.26 Å². The van der Waals surface area contributed by atoms with Gasteiger partial charge in [0, 0.05) is 1.37 Å². The van der Waals surface area contributed by atoms with Gasteiger partial charge >= 0.3 is 0 Å². The first-order chi connectivity index (χ1) is 8.33. The third kappa shape index (κ3) is 6.71. The molecular formula is C15H26O. The summed E-state index contributed by atoms with van der Waals surface area (Å²) in [6.07, 6.45) is 17.5. The van der Waals surface area contributed by atoms with E-state index in [9.17, 15) is 0 Å². The highest BCUT2D eigenvalue weighted by Gasteiger charge is 2.04. The topological polar surface area (TPSA) is 9.23 Å². The van der Waals surface area contributed by atoms with Gasteiger partial charge in [0.2, 0.25) is 0 Å². The molecule has 0 saturated carbocycles. The van der Waals surface area contributed by atoms with Gasteiger partial charge in [-0.25, -0.2) is 0 Å². The molecule has 0 aromatic rings.